The highest BCUT2D eigenvalue weighted by Crippen LogP contribution is 2.34. The Bertz CT molecular complexity index is 1440. The van der Waals surface area contributed by atoms with Crippen molar-refractivity contribution in [2.24, 2.45) is 5.92 Å². The van der Waals surface area contributed by atoms with E-state index in [9.17, 15) is 4.79 Å². The van der Waals surface area contributed by atoms with Gasteiger partial charge in [0.2, 0.25) is 5.91 Å². The van der Waals surface area contributed by atoms with Crippen molar-refractivity contribution in [3.8, 4) is 11.5 Å². The van der Waals surface area contributed by atoms with Crippen LogP contribution in [-0.2, 0) is 17.8 Å². The molecule has 1 aromatic carbocycles. The average molecular weight is 500 g/mol. The number of nitrogens with zero attached hydrogens (tertiary/aromatic N) is 6. The smallest absolute Gasteiger partial charge is 0.257 e. The number of aromatic nitrogens is 5. The van der Waals surface area contributed by atoms with Crippen LogP contribution in [0.1, 0.15) is 56.0 Å². The summed E-state index contributed by atoms with van der Waals surface area (Å²) < 4.78 is 5.30. The lowest BCUT2D eigenvalue weighted by molar-refractivity contribution is -0.136. The molecule has 2 aliphatic rings. The molecule has 0 atom stereocenters. The van der Waals surface area contributed by atoms with Gasteiger partial charge in [-0.1, -0.05) is 5.16 Å². The number of aromatic amines is 1. The predicted molar refractivity (Wildman–Crippen MR) is 140 cm³/mol. The van der Waals surface area contributed by atoms with Crippen LogP contribution in [0.3, 0.4) is 0 Å². The van der Waals surface area contributed by atoms with Crippen molar-refractivity contribution in [1.82, 2.24) is 34.9 Å². The molecule has 4 heterocycles. The molecule has 0 radical (unpaired) electrons. The third-order valence-corrected chi connectivity index (χ3v) is 7.50. The van der Waals surface area contributed by atoms with E-state index >= 15 is 0 Å². The molecule has 3 aromatic heterocycles. The van der Waals surface area contributed by atoms with E-state index in [1.165, 1.54) is 18.4 Å². The highest BCUT2D eigenvalue weighted by atomic mass is 16.5. The third-order valence-electron chi connectivity index (χ3n) is 7.50. The van der Waals surface area contributed by atoms with Gasteiger partial charge in [-0.2, -0.15) is 4.98 Å². The van der Waals surface area contributed by atoms with Crippen molar-refractivity contribution in [1.29, 1.82) is 0 Å². The Balaban J connectivity index is 1.12. The number of pyridine rings is 1. The number of rotatable bonds is 7. The molecular formula is C28H33N7O2. The maximum Gasteiger partial charge on any atom is 0.257 e. The van der Waals surface area contributed by atoms with Gasteiger partial charge in [0.15, 0.2) is 5.82 Å². The van der Waals surface area contributed by atoms with Crippen LogP contribution in [0.25, 0.3) is 22.5 Å². The molecule has 192 valence electrons. The van der Waals surface area contributed by atoms with Crippen LogP contribution < -0.4 is 0 Å². The van der Waals surface area contributed by atoms with Gasteiger partial charge in [0, 0.05) is 62.0 Å². The van der Waals surface area contributed by atoms with Crippen molar-refractivity contribution in [2.75, 3.05) is 19.6 Å². The topological polar surface area (TPSA) is 104 Å². The van der Waals surface area contributed by atoms with Gasteiger partial charge in [0.05, 0.1) is 11.0 Å². The number of H-pyrrole nitrogens is 1. The summed E-state index contributed by atoms with van der Waals surface area (Å²) in [4.78, 5) is 34.3. The molecule has 1 saturated heterocycles. The number of nitrogens with one attached hydrogen (secondary N) is 1. The summed E-state index contributed by atoms with van der Waals surface area (Å²) in [5.41, 5.74) is 4.80. The van der Waals surface area contributed by atoms with Crippen molar-refractivity contribution < 1.29 is 9.32 Å². The Morgan fingerprint density at radius 1 is 1.16 bits per heavy atom. The number of carbonyl (C=O) groups excluding carboxylic acids is 1. The monoisotopic (exact) mass is 499 g/mol. The highest BCUT2D eigenvalue weighted by Gasteiger charge is 2.37. The number of aryl methyl sites for hydroxylation is 1. The van der Waals surface area contributed by atoms with Crippen LogP contribution in [0, 0.1) is 12.8 Å². The van der Waals surface area contributed by atoms with Crippen molar-refractivity contribution in [3.63, 3.8) is 0 Å². The number of imidazole rings is 1. The first kappa shape index (κ1) is 23.8. The van der Waals surface area contributed by atoms with Crippen LogP contribution in [0.2, 0.25) is 0 Å². The Labute approximate surface area is 216 Å². The average Bonchev–Trinajstić information content (AvgIpc) is 3.42. The summed E-state index contributed by atoms with van der Waals surface area (Å²) in [5.74, 6) is 2.93. The van der Waals surface area contributed by atoms with Crippen molar-refractivity contribution >= 4 is 16.9 Å². The molecule has 1 aliphatic heterocycles. The van der Waals surface area contributed by atoms with E-state index < -0.39 is 0 Å². The van der Waals surface area contributed by atoms with Gasteiger partial charge >= 0.3 is 0 Å². The van der Waals surface area contributed by atoms with Gasteiger partial charge in [0.1, 0.15) is 5.82 Å². The van der Waals surface area contributed by atoms with Gasteiger partial charge in [-0.25, -0.2) is 4.98 Å². The third kappa shape index (κ3) is 5.27. The van der Waals surface area contributed by atoms with Gasteiger partial charge in [-0.05, 0) is 75.4 Å². The molecule has 9 heteroatoms. The van der Waals surface area contributed by atoms with Crippen LogP contribution in [0.15, 0.2) is 41.1 Å². The Morgan fingerprint density at radius 3 is 2.78 bits per heavy atom. The minimum atomic E-state index is -0.0752. The van der Waals surface area contributed by atoms with Crippen molar-refractivity contribution in [3.05, 3.63) is 59.4 Å². The van der Waals surface area contributed by atoms with E-state index in [0.29, 0.717) is 30.0 Å². The lowest BCUT2D eigenvalue weighted by atomic mass is 9.97. The molecule has 6 rings (SSSR count). The zero-order valence-electron chi connectivity index (χ0n) is 21.7. The van der Waals surface area contributed by atoms with Gasteiger partial charge < -0.3 is 14.4 Å². The molecule has 2 fully saturated rings. The second kappa shape index (κ2) is 9.37. The number of benzene rings is 1. The number of amides is 1. The Kier molecular flexibility index (Phi) is 6.03. The lowest BCUT2D eigenvalue weighted by Crippen LogP contribution is -2.60. The highest BCUT2D eigenvalue weighted by molar-refractivity contribution is 5.80. The summed E-state index contributed by atoms with van der Waals surface area (Å²) in [5, 5.41) is 3.88. The first-order valence-electron chi connectivity index (χ1n) is 13.1. The van der Waals surface area contributed by atoms with Gasteiger partial charge in [-0.15, -0.1) is 0 Å². The standard InChI is InChI=1S/C28H33N7O2/c1-18-30-27(37-33-18)21-6-7-23-24(14-21)32-25(31-23)15-22-12-20(8-9-29-22)16-35-11-10-34(17-28(35,2)3)26(36)13-19-4-5-19/h6-9,12,14,19H,4-5,10-11,13,15-17H2,1-3H3,(H,31,32). The number of hydrogen-bond donors (Lipinski definition) is 1. The van der Waals surface area contributed by atoms with Gasteiger partial charge in [0.25, 0.3) is 5.89 Å². The van der Waals surface area contributed by atoms with Crippen LogP contribution in [-0.4, -0.2) is 66.0 Å². The summed E-state index contributed by atoms with van der Waals surface area (Å²) in [7, 11) is 0. The molecule has 0 unspecified atom stereocenters. The van der Waals surface area contributed by atoms with Gasteiger partial charge in [-0.3, -0.25) is 14.7 Å². The molecule has 0 bridgehead atoms. The Hall–Kier alpha value is -3.59. The summed E-state index contributed by atoms with van der Waals surface area (Å²) in [6.45, 7) is 9.58. The van der Waals surface area contributed by atoms with E-state index in [1.807, 2.05) is 24.4 Å². The zero-order chi connectivity index (χ0) is 25.6. The molecule has 1 N–H and O–H groups in total. The van der Waals surface area contributed by atoms with Crippen LogP contribution in [0.4, 0.5) is 0 Å². The fourth-order valence-electron chi connectivity index (χ4n) is 5.20. The van der Waals surface area contributed by atoms with Crippen LogP contribution in [0.5, 0.6) is 0 Å². The minimum absolute atomic E-state index is 0.0752. The van der Waals surface area contributed by atoms with E-state index in [2.05, 4.69) is 55.9 Å². The molecule has 1 amide bonds. The molecule has 1 aliphatic carbocycles. The van der Waals surface area contributed by atoms with E-state index in [0.717, 1.165) is 60.7 Å². The van der Waals surface area contributed by atoms with Crippen LogP contribution >= 0.6 is 0 Å². The normalized spacial score (nSPS) is 18.0. The van der Waals surface area contributed by atoms with Crippen molar-refractivity contribution in [2.45, 2.75) is 58.5 Å². The number of piperazine rings is 1. The molecule has 4 aromatic rings. The molecule has 1 saturated carbocycles. The molecule has 37 heavy (non-hydrogen) atoms. The number of hydrogen-bond acceptors (Lipinski definition) is 7. The minimum Gasteiger partial charge on any atom is -0.342 e. The Morgan fingerprint density at radius 2 is 2.03 bits per heavy atom. The lowest BCUT2D eigenvalue weighted by Gasteiger charge is -2.47. The summed E-state index contributed by atoms with van der Waals surface area (Å²) >= 11 is 0. The quantitative estimate of drug-likeness (QED) is 0.408. The first-order valence-corrected chi connectivity index (χ1v) is 13.1. The fourth-order valence-corrected chi connectivity index (χ4v) is 5.20. The first-order chi connectivity index (χ1) is 17.8. The fraction of sp³-hybridized carbons (Fsp3) is 0.464. The summed E-state index contributed by atoms with van der Waals surface area (Å²) in [6, 6.07) is 10.1. The molecule has 0 spiro atoms. The molecular weight excluding hydrogens is 466 g/mol. The summed E-state index contributed by atoms with van der Waals surface area (Å²) in [6.07, 6.45) is 5.66. The largest absolute Gasteiger partial charge is 0.342 e. The van der Waals surface area contributed by atoms with E-state index in [1.54, 1.807) is 6.92 Å². The second-order valence-corrected chi connectivity index (χ2v) is 11.1. The van der Waals surface area contributed by atoms with E-state index in [4.69, 9.17) is 9.51 Å². The number of fused-ring (bicyclic) bond motifs is 1. The molecule has 9 nitrogen and oxygen atoms in total. The SMILES string of the molecule is Cc1noc(-c2ccc3nc(Cc4cc(CN5CCN(C(=O)CC6CC6)CC5(C)C)ccn4)[nH]c3c2)n1. The zero-order valence-corrected chi connectivity index (χ0v) is 21.7. The second-order valence-electron chi connectivity index (χ2n) is 11.1. The number of carbonyl (C=O) groups is 1. The predicted octanol–water partition coefficient (Wildman–Crippen LogP) is 4.13. The van der Waals surface area contributed by atoms with E-state index in [-0.39, 0.29) is 5.54 Å². The maximum absolute atomic E-state index is 12.7. The maximum atomic E-state index is 12.7.